The minimum atomic E-state index is -0.112. The van der Waals surface area contributed by atoms with E-state index in [2.05, 4.69) is 20.7 Å². The maximum absolute atomic E-state index is 12.7. The number of nitrogens with zero attached hydrogens (tertiary/aromatic N) is 6. The van der Waals surface area contributed by atoms with Gasteiger partial charge >= 0.3 is 0 Å². The van der Waals surface area contributed by atoms with Crippen LogP contribution in [0.1, 0.15) is 47.4 Å². The zero-order valence-corrected chi connectivity index (χ0v) is 14.8. The van der Waals surface area contributed by atoms with Crippen molar-refractivity contribution >= 4 is 5.91 Å². The summed E-state index contributed by atoms with van der Waals surface area (Å²) < 4.78 is 3.52. The average molecular weight is 359 g/mol. The number of amides is 1. The number of carbonyl (C=O) groups is 1. The van der Waals surface area contributed by atoms with Crippen LogP contribution in [0.4, 0.5) is 0 Å². The Morgan fingerprint density at radius 1 is 1.31 bits per heavy atom. The van der Waals surface area contributed by atoms with E-state index in [9.17, 15) is 4.79 Å². The van der Waals surface area contributed by atoms with E-state index in [1.54, 1.807) is 26.7 Å². The van der Waals surface area contributed by atoms with E-state index in [4.69, 9.17) is 5.11 Å². The molecule has 0 unspecified atom stereocenters. The normalized spacial score (nSPS) is 19.7. The Labute approximate surface area is 152 Å². The third-order valence-corrected chi connectivity index (χ3v) is 5.21. The van der Waals surface area contributed by atoms with Gasteiger partial charge in [0.25, 0.3) is 5.91 Å². The van der Waals surface area contributed by atoms with Gasteiger partial charge in [0.1, 0.15) is 0 Å². The van der Waals surface area contributed by atoms with Crippen LogP contribution < -0.4 is 5.32 Å². The van der Waals surface area contributed by atoms with Crippen LogP contribution in [0, 0.1) is 0 Å². The Morgan fingerprint density at radius 3 is 3.04 bits per heavy atom. The summed E-state index contributed by atoms with van der Waals surface area (Å²) in [6.45, 7) is 3.36. The van der Waals surface area contributed by atoms with Crippen molar-refractivity contribution in [1.82, 2.24) is 35.0 Å². The summed E-state index contributed by atoms with van der Waals surface area (Å²) in [6, 6.07) is 0.537. The Balaban J connectivity index is 1.35. The van der Waals surface area contributed by atoms with Crippen LogP contribution in [0.2, 0.25) is 0 Å². The topological polar surface area (TPSA) is 101 Å². The van der Waals surface area contributed by atoms with Crippen LogP contribution in [-0.4, -0.2) is 59.9 Å². The molecule has 0 bridgehead atoms. The van der Waals surface area contributed by atoms with Crippen molar-refractivity contribution in [1.29, 1.82) is 0 Å². The number of aryl methyl sites for hydroxylation is 1. The second-order valence-corrected chi connectivity index (χ2v) is 7.03. The summed E-state index contributed by atoms with van der Waals surface area (Å²) in [5.41, 5.74) is 2.40. The molecule has 9 heteroatoms. The van der Waals surface area contributed by atoms with Crippen molar-refractivity contribution in [3.05, 3.63) is 29.3 Å². The molecular weight excluding hydrogens is 334 g/mol. The van der Waals surface area contributed by atoms with Crippen molar-refractivity contribution in [2.24, 2.45) is 0 Å². The first kappa shape index (κ1) is 17.2. The van der Waals surface area contributed by atoms with E-state index in [0.29, 0.717) is 31.4 Å². The summed E-state index contributed by atoms with van der Waals surface area (Å²) in [7, 11) is 0. The Kier molecular flexibility index (Phi) is 4.98. The molecule has 140 valence electrons. The summed E-state index contributed by atoms with van der Waals surface area (Å²) in [5, 5.41) is 25.1. The monoisotopic (exact) mass is 359 g/mol. The highest BCUT2D eigenvalue weighted by Crippen LogP contribution is 2.23. The van der Waals surface area contributed by atoms with Gasteiger partial charge in [-0.15, -0.1) is 5.10 Å². The first-order valence-electron chi connectivity index (χ1n) is 9.32. The molecule has 1 saturated heterocycles. The molecule has 2 aliphatic heterocycles. The van der Waals surface area contributed by atoms with Crippen molar-refractivity contribution in [3.63, 3.8) is 0 Å². The van der Waals surface area contributed by atoms with Crippen molar-refractivity contribution in [3.8, 4) is 0 Å². The van der Waals surface area contributed by atoms with Gasteiger partial charge in [-0.05, 0) is 25.8 Å². The number of hydrogen-bond donors (Lipinski definition) is 2. The molecule has 0 aliphatic carbocycles. The molecule has 2 aromatic heterocycles. The van der Waals surface area contributed by atoms with Gasteiger partial charge in [0.2, 0.25) is 0 Å². The number of nitrogens with one attached hydrogen (secondary N) is 1. The maximum atomic E-state index is 12.7. The molecule has 1 fully saturated rings. The lowest BCUT2D eigenvalue weighted by Crippen LogP contribution is -2.34. The third-order valence-electron chi connectivity index (χ3n) is 5.21. The largest absolute Gasteiger partial charge is 0.394 e. The highest BCUT2D eigenvalue weighted by Gasteiger charge is 2.29. The quantitative estimate of drug-likeness (QED) is 0.762. The standard InChI is InChI=1S/C17H25N7O2/c25-8-7-24-16-12-22(10-13(16)9-19-24)17(26)15-11-23(21-20-15)6-4-14-3-1-2-5-18-14/h9,11,14,18,25H,1-8,10,12H2/t14-/m1/s1. The SMILES string of the molecule is O=C(c1cn(CC[C@H]2CCCCN2)nn1)N1Cc2cnn(CCO)c2C1. The average Bonchev–Trinajstić information content (AvgIpc) is 3.38. The molecular formula is C17H25N7O2. The number of piperidine rings is 1. The fourth-order valence-electron chi connectivity index (χ4n) is 3.76. The molecule has 1 amide bonds. The van der Waals surface area contributed by atoms with Crippen LogP contribution in [0.25, 0.3) is 0 Å². The highest BCUT2D eigenvalue weighted by molar-refractivity contribution is 5.92. The van der Waals surface area contributed by atoms with E-state index in [0.717, 1.165) is 30.8 Å². The van der Waals surface area contributed by atoms with Crippen LogP contribution >= 0.6 is 0 Å². The fourth-order valence-corrected chi connectivity index (χ4v) is 3.76. The van der Waals surface area contributed by atoms with Gasteiger partial charge < -0.3 is 15.3 Å². The number of rotatable bonds is 6. The molecule has 2 aliphatic rings. The summed E-state index contributed by atoms with van der Waals surface area (Å²) in [6.07, 6.45) is 8.26. The second kappa shape index (κ2) is 7.55. The number of aromatic nitrogens is 5. The van der Waals surface area contributed by atoms with E-state index in [1.807, 2.05) is 0 Å². The predicted molar refractivity (Wildman–Crippen MR) is 93.2 cm³/mol. The summed E-state index contributed by atoms with van der Waals surface area (Å²) in [5.74, 6) is -0.112. The highest BCUT2D eigenvalue weighted by atomic mass is 16.3. The maximum Gasteiger partial charge on any atom is 0.276 e. The van der Waals surface area contributed by atoms with Gasteiger partial charge in [0.05, 0.1) is 37.8 Å². The van der Waals surface area contributed by atoms with Gasteiger partial charge in [-0.3, -0.25) is 14.2 Å². The van der Waals surface area contributed by atoms with Gasteiger partial charge in [0, 0.05) is 24.7 Å². The molecule has 9 nitrogen and oxygen atoms in total. The number of aliphatic hydroxyl groups is 1. The molecule has 2 aromatic rings. The predicted octanol–water partition coefficient (Wildman–Crippen LogP) is 0.155. The second-order valence-electron chi connectivity index (χ2n) is 7.03. The van der Waals surface area contributed by atoms with Crippen LogP contribution in [0.5, 0.6) is 0 Å². The smallest absolute Gasteiger partial charge is 0.276 e. The first-order valence-corrected chi connectivity index (χ1v) is 9.32. The van der Waals surface area contributed by atoms with E-state index >= 15 is 0 Å². The van der Waals surface area contributed by atoms with Crippen molar-refractivity contribution in [2.75, 3.05) is 13.2 Å². The molecule has 2 N–H and O–H groups in total. The van der Waals surface area contributed by atoms with Crippen LogP contribution in [-0.2, 0) is 26.2 Å². The molecule has 0 saturated carbocycles. The number of carbonyl (C=O) groups excluding carboxylic acids is 1. The zero-order valence-electron chi connectivity index (χ0n) is 14.8. The van der Waals surface area contributed by atoms with Gasteiger partial charge in [-0.2, -0.15) is 5.10 Å². The lowest BCUT2D eigenvalue weighted by Gasteiger charge is -2.23. The zero-order chi connectivity index (χ0) is 17.9. The van der Waals surface area contributed by atoms with Gasteiger partial charge in [0.15, 0.2) is 5.69 Å². The Bertz CT molecular complexity index is 763. The number of hydrogen-bond acceptors (Lipinski definition) is 6. The Morgan fingerprint density at radius 2 is 2.23 bits per heavy atom. The van der Waals surface area contributed by atoms with Gasteiger partial charge in [-0.25, -0.2) is 0 Å². The lowest BCUT2D eigenvalue weighted by molar-refractivity contribution is 0.0741. The minimum Gasteiger partial charge on any atom is -0.394 e. The molecule has 4 heterocycles. The third kappa shape index (κ3) is 3.49. The first-order chi connectivity index (χ1) is 12.7. The Hall–Kier alpha value is -2.26. The van der Waals surface area contributed by atoms with Crippen LogP contribution in [0.15, 0.2) is 12.4 Å². The summed E-state index contributed by atoms with van der Waals surface area (Å²) in [4.78, 5) is 14.5. The van der Waals surface area contributed by atoms with Gasteiger partial charge in [-0.1, -0.05) is 11.6 Å². The molecule has 4 rings (SSSR count). The van der Waals surface area contributed by atoms with E-state index in [-0.39, 0.29) is 12.5 Å². The summed E-state index contributed by atoms with van der Waals surface area (Å²) >= 11 is 0. The van der Waals surface area contributed by atoms with E-state index in [1.165, 1.54) is 19.3 Å². The van der Waals surface area contributed by atoms with Crippen molar-refractivity contribution < 1.29 is 9.90 Å². The molecule has 1 atom stereocenters. The minimum absolute atomic E-state index is 0.0340. The van der Waals surface area contributed by atoms with Crippen LogP contribution in [0.3, 0.4) is 0 Å². The molecule has 26 heavy (non-hydrogen) atoms. The number of fused-ring (bicyclic) bond motifs is 1. The number of aliphatic hydroxyl groups excluding tert-OH is 1. The van der Waals surface area contributed by atoms with E-state index < -0.39 is 0 Å². The fraction of sp³-hybridized carbons (Fsp3) is 0.647. The molecule has 0 spiro atoms. The lowest BCUT2D eigenvalue weighted by atomic mass is 10.0. The van der Waals surface area contributed by atoms with Crippen molar-refractivity contribution in [2.45, 2.75) is 57.9 Å². The molecule has 0 aromatic carbocycles. The molecule has 0 radical (unpaired) electrons.